The molecular formula is C31H35N9. The maximum atomic E-state index is 4.57. The van der Waals surface area contributed by atoms with Crippen LogP contribution in [0, 0.1) is 0 Å². The van der Waals surface area contributed by atoms with E-state index in [1.54, 1.807) is 18.9 Å². The SMILES string of the molecule is CCCCNc1ncnc2cc(N3CCN(c4ccc5c(NCCc6cccnc6)ncnc5c4)CC3)ccc12. The Morgan fingerprint density at radius 3 is 1.88 bits per heavy atom. The maximum Gasteiger partial charge on any atom is 0.137 e. The van der Waals surface area contributed by atoms with Gasteiger partial charge in [0.05, 0.1) is 11.0 Å². The fourth-order valence-corrected chi connectivity index (χ4v) is 5.24. The molecular weight excluding hydrogens is 498 g/mol. The van der Waals surface area contributed by atoms with Crippen LogP contribution in [0.3, 0.4) is 0 Å². The fourth-order valence-electron chi connectivity index (χ4n) is 5.24. The minimum absolute atomic E-state index is 0.791. The van der Waals surface area contributed by atoms with Gasteiger partial charge in [-0.15, -0.1) is 0 Å². The molecule has 9 heteroatoms. The second-order valence-electron chi connectivity index (χ2n) is 10.1. The van der Waals surface area contributed by atoms with Crippen molar-refractivity contribution in [2.45, 2.75) is 26.2 Å². The van der Waals surface area contributed by atoms with Crippen molar-refractivity contribution in [3.05, 3.63) is 79.1 Å². The molecule has 1 saturated heterocycles. The summed E-state index contributed by atoms with van der Waals surface area (Å²) in [7, 11) is 0. The number of unbranched alkanes of at least 4 members (excludes halogenated alkanes) is 1. The number of nitrogens with zero attached hydrogens (tertiary/aromatic N) is 7. The summed E-state index contributed by atoms with van der Waals surface area (Å²) in [5, 5.41) is 9.05. The monoisotopic (exact) mass is 533 g/mol. The Morgan fingerprint density at radius 1 is 0.725 bits per heavy atom. The lowest BCUT2D eigenvalue weighted by atomic mass is 10.1. The average molecular weight is 534 g/mol. The zero-order valence-electron chi connectivity index (χ0n) is 22.9. The van der Waals surface area contributed by atoms with Crippen LogP contribution in [0.4, 0.5) is 23.0 Å². The van der Waals surface area contributed by atoms with E-state index in [4.69, 9.17) is 0 Å². The Kier molecular flexibility index (Phi) is 7.79. The average Bonchev–Trinajstić information content (AvgIpc) is 3.01. The summed E-state index contributed by atoms with van der Waals surface area (Å²) in [6.07, 6.45) is 10.2. The molecule has 2 N–H and O–H groups in total. The lowest BCUT2D eigenvalue weighted by Gasteiger charge is -2.37. The zero-order chi connectivity index (χ0) is 27.1. The Bertz CT molecular complexity index is 1570. The first kappa shape index (κ1) is 25.7. The summed E-state index contributed by atoms with van der Waals surface area (Å²) in [5.74, 6) is 1.79. The van der Waals surface area contributed by atoms with Gasteiger partial charge in [0.25, 0.3) is 0 Å². The zero-order valence-corrected chi connectivity index (χ0v) is 22.9. The van der Waals surface area contributed by atoms with Gasteiger partial charge in [0, 0.05) is 73.8 Å². The van der Waals surface area contributed by atoms with Gasteiger partial charge in [-0.1, -0.05) is 19.4 Å². The van der Waals surface area contributed by atoms with Crippen LogP contribution >= 0.6 is 0 Å². The third-order valence-corrected chi connectivity index (χ3v) is 7.50. The van der Waals surface area contributed by atoms with Gasteiger partial charge in [-0.25, -0.2) is 19.9 Å². The van der Waals surface area contributed by atoms with E-state index in [-0.39, 0.29) is 0 Å². The summed E-state index contributed by atoms with van der Waals surface area (Å²) in [5.41, 5.74) is 5.54. The molecule has 3 aromatic heterocycles. The van der Waals surface area contributed by atoms with Crippen molar-refractivity contribution in [2.75, 3.05) is 59.7 Å². The molecule has 1 fully saturated rings. The normalized spacial score (nSPS) is 13.6. The molecule has 204 valence electrons. The molecule has 9 nitrogen and oxygen atoms in total. The highest BCUT2D eigenvalue weighted by Gasteiger charge is 2.19. The molecule has 5 aromatic rings. The molecule has 0 bridgehead atoms. The van der Waals surface area contributed by atoms with Crippen molar-refractivity contribution in [3.8, 4) is 0 Å². The number of anilines is 4. The summed E-state index contributed by atoms with van der Waals surface area (Å²) >= 11 is 0. The van der Waals surface area contributed by atoms with Crippen LogP contribution in [0.5, 0.6) is 0 Å². The summed E-state index contributed by atoms with van der Waals surface area (Å²) in [6, 6.07) is 17.1. The number of nitrogens with one attached hydrogen (secondary N) is 2. The molecule has 0 radical (unpaired) electrons. The predicted molar refractivity (Wildman–Crippen MR) is 163 cm³/mol. The summed E-state index contributed by atoms with van der Waals surface area (Å²) < 4.78 is 0. The quantitative estimate of drug-likeness (QED) is 0.236. The first-order chi connectivity index (χ1) is 19.8. The van der Waals surface area contributed by atoms with Gasteiger partial charge in [0.1, 0.15) is 24.3 Å². The third kappa shape index (κ3) is 5.73. The summed E-state index contributed by atoms with van der Waals surface area (Å²) in [4.78, 5) is 27.2. The standard InChI is InChI=1S/C31H35N9/c1-2-3-12-33-30-26-8-6-24(18-28(26)35-21-37-30)39-14-16-40(17-15-39)25-7-9-27-29(19-25)36-22-38-31(27)34-13-10-23-5-4-11-32-20-23/h4-9,11,18-22H,2-3,10,12-17H2,1H3,(H,33,35,37)(H,34,36,38). The highest BCUT2D eigenvalue weighted by molar-refractivity contribution is 5.92. The minimum Gasteiger partial charge on any atom is -0.369 e. The van der Waals surface area contributed by atoms with Crippen molar-refractivity contribution in [1.82, 2.24) is 24.9 Å². The van der Waals surface area contributed by atoms with E-state index >= 15 is 0 Å². The second-order valence-corrected chi connectivity index (χ2v) is 10.1. The van der Waals surface area contributed by atoms with E-state index < -0.39 is 0 Å². The van der Waals surface area contributed by atoms with Gasteiger partial charge in [0.15, 0.2) is 0 Å². The Labute approximate surface area is 234 Å². The van der Waals surface area contributed by atoms with Crippen molar-refractivity contribution in [3.63, 3.8) is 0 Å². The number of benzene rings is 2. The smallest absolute Gasteiger partial charge is 0.137 e. The minimum atomic E-state index is 0.791. The van der Waals surface area contributed by atoms with Crippen molar-refractivity contribution in [2.24, 2.45) is 0 Å². The van der Waals surface area contributed by atoms with Gasteiger partial charge in [-0.05, 0) is 60.9 Å². The number of aromatic nitrogens is 5. The van der Waals surface area contributed by atoms with Gasteiger partial charge < -0.3 is 20.4 Å². The van der Waals surface area contributed by atoms with Crippen LogP contribution in [-0.2, 0) is 6.42 Å². The Balaban J connectivity index is 1.10. The van der Waals surface area contributed by atoms with Gasteiger partial charge >= 0.3 is 0 Å². The van der Waals surface area contributed by atoms with Gasteiger partial charge in [-0.2, -0.15) is 0 Å². The molecule has 4 heterocycles. The number of hydrogen-bond donors (Lipinski definition) is 2. The third-order valence-electron chi connectivity index (χ3n) is 7.50. The van der Waals surface area contributed by atoms with Gasteiger partial charge in [-0.3, -0.25) is 4.98 Å². The molecule has 1 aliphatic rings. The first-order valence-electron chi connectivity index (χ1n) is 14.1. The van der Waals surface area contributed by atoms with Crippen LogP contribution < -0.4 is 20.4 Å². The largest absolute Gasteiger partial charge is 0.369 e. The van der Waals surface area contributed by atoms with Crippen LogP contribution in [0.15, 0.2) is 73.6 Å². The Morgan fingerprint density at radius 2 is 1.32 bits per heavy atom. The van der Waals surface area contributed by atoms with Crippen molar-refractivity contribution >= 4 is 44.8 Å². The fraction of sp³-hybridized carbons (Fsp3) is 0.323. The number of pyridine rings is 1. The molecule has 0 spiro atoms. The van der Waals surface area contributed by atoms with E-state index in [1.165, 1.54) is 16.9 Å². The van der Waals surface area contributed by atoms with Crippen LogP contribution in [0.25, 0.3) is 21.8 Å². The molecule has 0 saturated carbocycles. The lowest BCUT2D eigenvalue weighted by Crippen LogP contribution is -2.46. The number of fused-ring (bicyclic) bond motifs is 2. The summed E-state index contributed by atoms with van der Waals surface area (Å²) in [6.45, 7) is 7.69. The van der Waals surface area contributed by atoms with E-state index in [0.717, 1.165) is 92.0 Å². The van der Waals surface area contributed by atoms with E-state index in [0.29, 0.717) is 0 Å². The molecule has 1 aliphatic heterocycles. The maximum absolute atomic E-state index is 4.57. The van der Waals surface area contributed by atoms with E-state index in [9.17, 15) is 0 Å². The van der Waals surface area contributed by atoms with E-state index in [2.05, 4.69) is 94.7 Å². The van der Waals surface area contributed by atoms with Gasteiger partial charge in [0.2, 0.25) is 0 Å². The topological polar surface area (TPSA) is 95.0 Å². The number of hydrogen-bond acceptors (Lipinski definition) is 9. The first-order valence-corrected chi connectivity index (χ1v) is 14.1. The number of rotatable bonds is 10. The molecule has 0 atom stereocenters. The van der Waals surface area contributed by atoms with Crippen LogP contribution in [0.1, 0.15) is 25.3 Å². The predicted octanol–water partition coefficient (Wildman–Crippen LogP) is 5.16. The van der Waals surface area contributed by atoms with Crippen molar-refractivity contribution in [1.29, 1.82) is 0 Å². The molecule has 2 aromatic carbocycles. The lowest BCUT2D eigenvalue weighted by molar-refractivity contribution is 0.654. The second kappa shape index (κ2) is 12.1. The molecule has 0 aliphatic carbocycles. The van der Waals surface area contributed by atoms with Crippen molar-refractivity contribution < 1.29 is 0 Å². The van der Waals surface area contributed by atoms with Crippen LogP contribution in [-0.4, -0.2) is 64.2 Å². The molecule has 0 amide bonds. The highest BCUT2D eigenvalue weighted by Crippen LogP contribution is 2.28. The molecule has 0 unspecified atom stereocenters. The Hall–Kier alpha value is -4.53. The highest BCUT2D eigenvalue weighted by atomic mass is 15.3. The molecule has 6 rings (SSSR count). The van der Waals surface area contributed by atoms with E-state index in [1.807, 2.05) is 12.3 Å². The van der Waals surface area contributed by atoms with Crippen LogP contribution in [0.2, 0.25) is 0 Å². The number of piperazine rings is 1. The molecule has 40 heavy (non-hydrogen) atoms.